The minimum Gasteiger partial charge on any atom is -0.467 e. The fourth-order valence-electron chi connectivity index (χ4n) is 1.86. The van der Waals surface area contributed by atoms with Gasteiger partial charge in [-0.15, -0.1) is 0 Å². The lowest BCUT2D eigenvalue weighted by Crippen LogP contribution is -2.51. The average molecular weight is 329 g/mol. The van der Waals surface area contributed by atoms with Gasteiger partial charge >= 0.3 is 18.1 Å². The van der Waals surface area contributed by atoms with Gasteiger partial charge < -0.3 is 9.64 Å². The van der Waals surface area contributed by atoms with E-state index in [1.54, 1.807) is 6.26 Å². The molecule has 0 aromatic rings. The summed E-state index contributed by atoms with van der Waals surface area (Å²) in [5, 5.41) is 0. The van der Waals surface area contributed by atoms with Crippen LogP contribution in [0.4, 0.5) is 13.2 Å². The molecule has 1 amide bonds. The van der Waals surface area contributed by atoms with Gasteiger partial charge in [0, 0.05) is 6.54 Å². The third kappa shape index (κ3) is 7.06. The second-order valence-corrected chi connectivity index (χ2v) is 5.51. The zero-order chi connectivity index (χ0) is 16.5. The molecule has 0 fully saturated rings. The van der Waals surface area contributed by atoms with Gasteiger partial charge in [-0.25, -0.2) is 4.79 Å². The number of carbonyl (C=O) groups excluding carboxylic acids is 2. The number of amides is 1. The first-order valence-electron chi connectivity index (χ1n) is 6.74. The van der Waals surface area contributed by atoms with Gasteiger partial charge in [-0.1, -0.05) is 19.8 Å². The first-order chi connectivity index (χ1) is 9.79. The van der Waals surface area contributed by atoms with Crippen LogP contribution in [0.3, 0.4) is 0 Å². The smallest absolute Gasteiger partial charge is 0.467 e. The zero-order valence-corrected chi connectivity index (χ0v) is 13.4. The van der Waals surface area contributed by atoms with Gasteiger partial charge in [0.1, 0.15) is 6.04 Å². The van der Waals surface area contributed by atoms with E-state index in [4.69, 9.17) is 0 Å². The number of esters is 1. The van der Waals surface area contributed by atoms with Crippen LogP contribution in [-0.2, 0) is 14.3 Å². The summed E-state index contributed by atoms with van der Waals surface area (Å²) in [6.07, 6.45) is -1.15. The van der Waals surface area contributed by atoms with Gasteiger partial charge in [-0.3, -0.25) is 4.79 Å². The van der Waals surface area contributed by atoms with E-state index in [1.165, 1.54) is 11.8 Å². The number of ether oxygens (including phenoxy) is 1. The molecule has 0 heterocycles. The molecule has 0 aliphatic rings. The Morgan fingerprint density at radius 2 is 1.90 bits per heavy atom. The summed E-state index contributed by atoms with van der Waals surface area (Å²) in [5.74, 6) is -2.32. The van der Waals surface area contributed by atoms with E-state index in [9.17, 15) is 22.8 Å². The Kier molecular flexibility index (Phi) is 9.48. The molecule has 0 radical (unpaired) electrons. The number of carbonyl (C=O) groups is 2. The van der Waals surface area contributed by atoms with Crippen LogP contribution in [-0.4, -0.2) is 54.7 Å². The second-order valence-electron chi connectivity index (χ2n) is 4.52. The fourth-order valence-corrected chi connectivity index (χ4v) is 2.32. The van der Waals surface area contributed by atoms with Crippen molar-refractivity contribution in [1.29, 1.82) is 0 Å². The second kappa shape index (κ2) is 9.92. The summed E-state index contributed by atoms with van der Waals surface area (Å²) in [7, 11) is 1.11. The lowest BCUT2D eigenvalue weighted by Gasteiger charge is -2.30. The molecule has 0 aliphatic carbocycles. The molecule has 0 N–H and O–H groups in total. The van der Waals surface area contributed by atoms with Gasteiger partial charge in [0.25, 0.3) is 0 Å². The number of nitrogens with zero attached hydrogens (tertiary/aromatic N) is 1. The highest BCUT2D eigenvalue weighted by atomic mass is 32.2. The highest BCUT2D eigenvalue weighted by Crippen LogP contribution is 2.22. The van der Waals surface area contributed by atoms with Crippen LogP contribution < -0.4 is 0 Å². The maximum Gasteiger partial charge on any atom is 0.471 e. The van der Waals surface area contributed by atoms with Crippen LogP contribution in [0.25, 0.3) is 0 Å². The topological polar surface area (TPSA) is 46.6 Å². The fraction of sp³-hybridized carbons (Fsp3) is 0.846. The van der Waals surface area contributed by atoms with Crippen molar-refractivity contribution in [2.75, 3.05) is 25.7 Å². The Morgan fingerprint density at radius 1 is 1.29 bits per heavy atom. The maximum atomic E-state index is 12.7. The Balaban J connectivity index is 5.16. The summed E-state index contributed by atoms with van der Waals surface area (Å²) in [6, 6.07) is -1.19. The number of hydrogen-bond donors (Lipinski definition) is 0. The number of thioether (sulfide) groups is 1. The minimum absolute atomic E-state index is 0.0969. The lowest BCUT2D eigenvalue weighted by atomic mass is 10.1. The van der Waals surface area contributed by atoms with Crippen molar-refractivity contribution in [3.05, 3.63) is 0 Å². The van der Waals surface area contributed by atoms with E-state index in [2.05, 4.69) is 4.74 Å². The number of alkyl halides is 3. The molecule has 0 saturated carbocycles. The van der Waals surface area contributed by atoms with Crippen LogP contribution in [0, 0.1) is 0 Å². The summed E-state index contributed by atoms with van der Waals surface area (Å²) in [4.78, 5) is 23.9. The Bertz CT molecular complexity index is 337. The molecule has 4 nitrogen and oxygen atoms in total. The number of rotatable bonds is 9. The largest absolute Gasteiger partial charge is 0.471 e. The van der Waals surface area contributed by atoms with Crippen molar-refractivity contribution >= 4 is 23.6 Å². The Hall–Kier alpha value is -0.920. The molecule has 0 spiro atoms. The van der Waals surface area contributed by atoms with Gasteiger partial charge in [0.05, 0.1) is 7.11 Å². The predicted octanol–water partition coefficient (Wildman–Crippen LogP) is 2.86. The summed E-state index contributed by atoms with van der Waals surface area (Å²) in [6.45, 7) is 1.81. The molecule has 0 aliphatic heterocycles. The number of hydrogen-bond acceptors (Lipinski definition) is 4. The van der Waals surface area contributed by atoms with E-state index >= 15 is 0 Å². The molecule has 0 saturated heterocycles. The van der Waals surface area contributed by atoms with Gasteiger partial charge in [-0.05, 0) is 24.9 Å². The van der Waals surface area contributed by atoms with E-state index in [0.717, 1.165) is 13.5 Å². The number of methoxy groups -OCH3 is 1. The molecule has 0 bridgehead atoms. The molecule has 124 valence electrons. The number of unbranched alkanes of at least 4 members (excludes halogenated alkanes) is 2. The quantitative estimate of drug-likeness (QED) is 0.482. The molecule has 0 aromatic carbocycles. The van der Waals surface area contributed by atoms with Crippen LogP contribution in [0.2, 0.25) is 0 Å². The Morgan fingerprint density at radius 3 is 2.33 bits per heavy atom. The molecule has 1 atom stereocenters. The van der Waals surface area contributed by atoms with Crippen LogP contribution >= 0.6 is 11.8 Å². The number of halogens is 3. The highest BCUT2D eigenvalue weighted by molar-refractivity contribution is 7.98. The van der Waals surface area contributed by atoms with Gasteiger partial charge in [-0.2, -0.15) is 24.9 Å². The first kappa shape index (κ1) is 20.1. The standard InChI is InChI=1S/C13H22F3NO3S/c1-4-5-6-8-17(12(19)13(14,15)16)10(7-9-21-3)11(18)20-2/h10H,4-9H2,1-3H3. The van der Waals surface area contributed by atoms with Gasteiger partial charge in [0.2, 0.25) is 0 Å². The zero-order valence-electron chi connectivity index (χ0n) is 12.5. The molecule has 0 aromatic heterocycles. The van der Waals surface area contributed by atoms with Crippen molar-refractivity contribution in [2.24, 2.45) is 0 Å². The highest BCUT2D eigenvalue weighted by Gasteiger charge is 2.46. The SMILES string of the molecule is CCCCCN(C(=O)C(F)(F)F)C(CCSC)C(=O)OC. The van der Waals surface area contributed by atoms with Gasteiger partial charge in [0.15, 0.2) is 0 Å². The van der Waals surface area contributed by atoms with Crippen molar-refractivity contribution in [3.63, 3.8) is 0 Å². The molecule has 21 heavy (non-hydrogen) atoms. The minimum atomic E-state index is -4.99. The van der Waals surface area contributed by atoms with E-state index < -0.39 is 24.1 Å². The monoisotopic (exact) mass is 329 g/mol. The third-order valence-corrected chi connectivity index (χ3v) is 3.59. The van der Waals surface area contributed by atoms with Crippen molar-refractivity contribution in [2.45, 2.75) is 44.8 Å². The molecular formula is C13H22F3NO3S. The summed E-state index contributed by atoms with van der Waals surface area (Å²) in [5.41, 5.74) is 0. The normalized spacial score (nSPS) is 12.9. The van der Waals surface area contributed by atoms with Crippen molar-refractivity contribution in [3.8, 4) is 0 Å². The molecular weight excluding hydrogens is 307 g/mol. The van der Waals surface area contributed by atoms with Crippen LogP contribution in [0.1, 0.15) is 32.6 Å². The predicted molar refractivity (Wildman–Crippen MR) is 76.1 cm³/mol. The molecule has 1 unspecified atom stereocenters. The van der Waals surface area contributed by atoms with E-state index in [1.807, 2.05) is 6.92 Å². The van der Waals surface area contributed by atoms with Crippen molar-refractivity contribution < 1.29 is 27.5 Å². The third-order valence-electron chi connectivity index (χ3n) is 2.95. The van der Waals surface area contributed by atoms with Crippen molar-refractivity contribution in [1.82, 2.24) is 4.90 Å². The first-order valence-corrected chi connectivity index (χ1v) is 8.13. The maximum absolute atomic E-state index is 12.7. The van der Waals surface area contributed by atoms with Crippen LogP contribution in [0.5, 0.6) is 0 Å². The van der Waals surface area contributed by atoms with E-state index in [0.29, 0.717) is 23.5 Å². The summed E-state index contributed by atoms with van der Waals surface area (Å²) >= 11 is 1.40. The molecule has 0 rings (SSSR count). The lowest BCUT2D eigenvalue weighted by molar-refractivity contribution is -0.190. The van der Waals surface area contributed by atoms with E-state index in [-0.39, 0.29) is 13.0 Å². The van der Waals surface area contributed by atoms with Crippen LogP contribution in [0.15, 0.2) is 0 Å². The Labute approximate surface area is 127 Å². The molecule has 8 heteroatoms. The average Bonchev–Trinajstić information content (AvgIpc) is 2.43. The summed E-state index contributed by atoms with van der Waals surface area (Å²) < 4.78 is 42.7.